The lowest BCUT2D eigenvalue weighted by Crippen LogP contribution is -2.44. The molecule has 6 nitrogen and oxygen atoms in total. The summed E-state index contributed by atoms with van der Waals surface area (Å²) in [5, 5.41) is 6.17. The number of carbonyl (C=O) groups excluding carboxylic acids is 2. The van der Waals surface area contributed by atoms with Crippen LogP contribution in [0.1, 0.15) is 54.4 Å². The molecule has 2 amide bonds. The third-order valence-electron chi connectivity index (χ3n) is 6.71. The highest BCUT2D eigenvalue weighted by Crippen LogP contribution is 2.42. The fourth-order valence-corrected chi connectivity index (χ4v) is 4.75. The second-order valence-electron chi connectivity index (χ2n) is 8.87. The summed E-state index contributed by atoms with van der Waals surface area (Å²) in [6.45, 7) is 1.87. The molecule has 3 rings (SSSR count). The molecule has 1 aliphatic carbocycles. The van der Waals surface area contributed by atoms with Crippen LogP contribution < -0.4 is 15.4 Å². The summed E-state index contributed by atoms with van der Waals surface area (Å²) in [4.78, 5) is 25.3. The molecule has 2 N–H and O–H groups in total. The molecule has 2 aromatic rings. The maximum Gasteiger partial charge on any atom is 0.255 e. The second kappa shape index (κ2) is 12.4. The zero-order chi connectivity index (χ0) is 23.5. The van der Waals surface area contributed by atoms with Crippen molar-refractivity contribution < 1.29 is 19.1 Å². The quantitative estimate of drug-likeness (QED) is 0.504. The first-order valence-corrected chi connectivity index (χ1v) is 11.8. The standard InChI is InChI=1S/C27H36N2O4/c1-32-18-8-17-28-25(30)19-21-13-15-27(16-14-21,22-9-4-3-5-10-22)20-29-26(31)23-11-6-7-12-24(23)33-2/h3-7,9-12,21H,8,13-20H2,1-2H3,(H,28,30)(H,29,31). The van der Waals surface area contributed by atoms with Crippen molar-refractivity contribution >= 4 is 11.8 Å². The van der Waals surface area contributed by atoms with Gasteiger partial charge in [0.25, 0.3) is 5.91 Å². The number of benzene rings is 2. The van der Waals surface area contributed by atoms with E-state index in [0.29, 0.717) is 43.3 Å². The maximum absolute atomic E-state index is 12.9. The molecule has 6 heteroatoms. The Morgan fingerprint density at radius 1 is 0.970 bits per heavy atom. The number of methoxy groups -OCH3 is 2. The van der Waals surface area contributed by atoms with Crippen LogP contribution in [-0.4, -0.2) is 45.7 Å². The summed E-state index contributed by atoms with van der Waals surface area (Å²) < 4.78 is 10.4. The van der Waals surface area contributed by atoms with Crippen LogP contribution in [0.4, 0.5) is 0 Å². The molecule has 1 aliphatic rings. The molecule has 1 saturated carbocycles. The minimum atomic E-state index is -0.135. The third kappa shape index (κ3) is 6.81. The summed E-state index contributed by atoms with van der Waals surface area (Å²) in [6, 6.07) is 17.7. The van der Waals surface area contributed by atoms with Gasteiger partial charge >= 0.3 is 0 Å². The number of hydrogen-bond acceptors (Lipinski definition) is 4. The van der Waals surface area contributed by atoms with Crippen molar-refractivity contribution in [2.24, 2.45) is 5.92 Å². The summed E-state index contributed by atoms with van der Waals surface area (Å²) in [6.07, 6.45) is 5.19. The van der Waals surface area contributed by atoms with E-state index in [-0.39, 0.29) is 17.2 Å². The number of amides is 2. The first-order chi connectivity index (χ1) is 16.1. The zero-order valence-electron chi connectivity index (χ0n) is 19.8. The number of ether oxygens (including phenoxy) is 2. The van der Waals surface area contributed by atoms with Gasteiger partial charge < -0.3 is 20.1 Å². The average Bonchev–Trinajstić information content (AvgIpc) is 2.86. The molecule has 33 heavy (non-hydrogen) atoms. The molecule has 0 heterocycles. The molecule has 0 bridgehead atoms. The Hall–Kier alpha value is -2.86. The lowest BCUT2D eigenvalue weighted by atomic mass is 9.66. The molecule has 1 fully saturated rings. The van der Waals surface area contributed by atoms with Crippen molar-refractivity contribution in [2.75, 3.05) is 33.9 Å². The topological polar surface area (TPSA) is 76.7 Å². The number of nitrogens with one attached hydrogen (secondary N) is 2. The van der Waals surface area contributed by atoms with Crippen LogP contribution in [0.2, 0.25) is 0 Å². The van der Waals surface area contributed by atoms with Gasteiger partial charge in [0, 0.05) is 38.6 Å². The summed E-state index contributed by atoms with van der Waals surface area (Å²) >= 11 is 0. The van der Waals surface area contributed by atoms with Gasteiger partial charge in [0.1, 0.15) is 5.75 Å². The van der Waals surface area contributed by atoms with E-state index in [0.717, 1.165) is 32.1 Å². The van der Waals surface area contributed by atoms with Crippen LogP contribution in [0.25, 0.3) is 0 Å². The van der Waals surface area contributed by atoms with Crippen molar-refractivity contribution in [2.45, 2.75) is 43.9 Å². The van der Waals surface area contributed by atoms with E-state index in [9.17, 15) is 9.59 Å². The van der Waals surface area contributed by atoms with E-state index in [2.05, 4.69) is 34.9 Å². The number of para-hydroxylation sites is 1. The van der Waals surface area contributed by atoms with Crippen LogP contribution in [0.3, 0.4) is 0 Å². The molecule has 0 radical (unpaired) electrons. The largest absolute Gasteiger partial charge is 0.496 e. The average molecular weight is 453 g/mol. The van der Waals surface area contributed by atoms with Crippen molar-refractivity contribution in [3.05, 3.63) is 65.7 Å². The van der Waals surface area contributed by atoms with Gasteiger partial charge in [-0.3, -0.25) is 9.59 Å². The van der Waals surface area contributed by atoms with Crippen molar-refractivity contribution in [1.29, 1.82) is 0 Å². The first-order valence-electron chi connectivity index (χ1n) is 11.8. The minimum Gasteiger partial charge on any atom is -0.496 e. The highest BCUT2D eigenvalue weighted by molar-refractivity contribution is 5.97. The van der Waals surface area contributed by atoms with Gasteiger partial charge in [-0.1, -0.05) is 42.5 Å². The lowest BCUT2D eigenvalue weighted by molar-refractivity contribution is -0.122. The zero-order valence-corrected chi connectivity index (χ0v) is 19.8. The minimum absolute atomic E-state index is 0.118. The highest BCUT2D eigenvalue weighted by Gasteiger charge is 2.37. The van der Waals surface area contributed by atoms with Crippen LogP contribution in [0.5, 0.6) is 5.75 Å². The van der Waals surface area contributed by atoms with Gasteiger partial charge in [-0.2, -0.15) is 0 Å². The normalized spacial score (nSPS) is 20.1. The summed E-state index contributed by atoms with van der Waals surface area (Å²) in [5.74, 6) is 0.936. The van der Waals surface area contributed by atoms with Gasteiger partial charge in [0.2, 0.25) is 5.91 Å². The fraction of sp³-hybridized carbons (Fsp3) is 0.481. The molecular weight excluding hydrogens is 416 g/mol. The molecule has 0 aromatic heterocycles. The summed E-state index contributed by atoms with van der Waals surface area (Å²) in [5.41, 5.74) is 1.65. The van der Waals surface area contributed by atoms with E-state index in [1.807, 2.05) is 18.2 Å². The molecule has 0 aliphatic heterocycles. The Morgan fingerprint density at radius 3 is 2.36 bits per heavy atom. The fourth-order valence-electron chi connectivity index (χ4n) is 4.75. The van der Waals surface area contributed by atoms with E-state index < -0.39 is 0 Å². The molecule has 178 valence electrons. The number of carbonyl (C=O) groups is 2. The molecule has 0 unspecified atom stereocenters. The maximum atomic E-state index is 12.9. The summed E-state index contributed by atoms with van der Waals surface area (Å²) in [7, 11) is 3.24. The van der Waals surface area contributed by atoms with Crippen molar-refractivity contribution in [3.8, 4) is 5.75 Å². The van der Waals surface area contributed by atoms with Crippen LogP contribution in [0.15, 0.2) is 54.6 Å². The SMILES string of the molecule is COCCCNC(=O)CC1CCC(CNC(=O)c2ccccc2OC)(c2ccccc2)CC1. The predicted octanol–water partition coefficient (Wildman–Crippen LogP) is 4.10. The van der Waals surface area contributed by atoms with Crippen LogP contribution >= 0.6 is 0 Å². The van der Waals surface area contributed by atoms with Crippen molar-refractivity contribution in [3.63, 3.8) is 0 Å². The van der Waals surface area contributed by atoms with Gasteiger partial charge in [-0.05, 0) is 55.7 Å². The molecular formula is C27H36N2O4. The van der Waals surface area contributed by atoms with E-state index >= 15 is 0 Å². The first kappa shape index (κ1) is 24.8. The monoisotopic (exact) mass is 452 g/mol. The van der Waals surface area contributed by atoms with Crippen molar-refractivity contribution in [1.82, 2.24) is 10.6 Å². The van der Waals surface area contributed by atoms with E-state index in [1.54, 1.807) is 26.4 Å². The molecule has 2 aromatic carbocycles. The van der Waals surface area contributed by atoms with Gasteiger partial charge in [-0.15, -0.1) is 0 Å². The van der Waals surface area contributed by atoms with Crippen LogP contribution in [-0.2, 0) is 14.9 Å². The van der Waals surface area contributed by atoms with E-state index in [4.69, 9.17) is 9.47 Å². The van der Waals surface area contributed by atoms with Gasteiger partial charge in [0.05, 0.1) is 12.7 Å². The Morgan fingerprint density at radius 2 is 1.67 bits per heavy atom. The molecule has 0 spiro atoms. The predicted molar refractivity (Wildman–Crippen MR) is 130 cm³/mol. The van der Waals surface area contributed by atoms with Gasteiger partial charge in [0.15, 0.2) is 0 Å². The van der Waals surface area contributed by atoms with Gasteiger partial charge in [-0.25, -0.2) is 0 Å². The molecule has 0 saturated heterocycles. The molecule has 0 atom stereocenters. The number of hydrogen-bond donors (Lipinski definition) is 2. The Kier molecular flexibility index (Phi) is 9.31. The number of rotatable bonds is 11. The third-order valence-corrected chi connectivity index (χ3v) is 6.71. The highest BCUT2D eigenvalue weighted by atomic mass is 16.5. The Labute approximate surface area is 197 Å². The van der Waals surface area contributed by atoms with Crippen LogP contribution in [0, 0.1) is 5.92 Å². The second-order valence-corrected chi connectivity index (χ2v) is 8.87. The van der Waals surface area contributed by atoms with E-state index in [1.165, 1.54) is 5.56 Å². The smallest absolute Gasteiger partial charge is 0.255 e. The Bertz CT molecular complexity index is 892. The lowest BCUT2D eigenvalue weighted by Gasteiger charge is -2.41. The Balaban J connectivity index is 1.62.